The molecule has 1 aromatic heterocycles. The zero-order chi connectivity index (χ0) is 17.8. The fourth-order valence-electron chi connectivity index (χ4n) is 2.55. The summed E-state index contributed by atoms with van der Waals surface area (Å²) in [5, 5.41) is 3.10. The minimum atomic E-state index is -0.278. The van der Waals surface area contributed by atoms with Crippen molar-refractivity contribution in [1.82, 2.24) is 4.98 Å². The SMILES string of the molecule is C=C(Sc1cccc(F)c1)c1c(-c2ccc(NC)cc2)ccnc1N. The molecule has 0 atom stereocenters. The predicted octanol–water partition coefficient (Wildman–Crippen LogP) is 5.27. The smallest absolute Gasteiger partial charge is 0.132 e. The Morgan fingerprint density at radius 1 is 1.16 bits per heavy atom. The summed E-state index contributed by atoms with van der Waals surface area (Å²) in [6.45, 7) is 4.14. The lowest BCUT2D eigenvalue weighted by molar-refractivity contribution is 0.624. The van der Waals surface area contributed by atoms with Crippen molar-refractivity contribution in [2.75, 3.05) is 18.1 Å². The van der Waals surface area contributed by atoms with Gasteiger partial charge in [-0.25, -0.2) is 9.37 Å². The average Bonchev–Trinajstić information content (AvgIpc) is 2.61. The van der Waals surface area contributed by atoms with Gasteiger partial charge in [0.05, 0.1) is 0 Å². The first kappa shape index (κ1) is 17.0. The van der Waals surface area contributed by atoms with Gasteiger partial charge in [0.2, 0.25) is 0 Å². The lowest BCUT2D eigenvalue weighted by Gasteiger charge is -2.14. The van der Waals surface area contributed by atoms with Crippen LogP contribution in [0, 0.1) is 5.82 Å². The van der Waals surface area contributed by atoms with E-state index in [1.165, 1.54) is 23.9 Å². The molecule has 0 aliphatic heterocycles. The molecule has 3 aromatic rings. The molecule has 2 aromatic carbocycles. The minimum Gasteiger partial charge on any atom is -0.388 e. The zero-order valence-corrected chi connectivity index (χ0v) is 14.6. The summed E-state index contributed by atoms with van der Waals surface area (Å²) < 4.78 is 13.4. The molecular weight excluding hydrogens is 333 g/mol. The fourth-order valence-corrected chi connectivity index (χ4v) is 3.47. The number of rotatable bonds is 5. The van der Waals surface area contributed by atoms with Crippen LogP contribution in [0.15, 0.2) is 72.3 Å². The quantitative estimate of drug-likeness (QED) is 0.615. The highest BCUT2D eigenvalue weighted by Gasteiger charge is 2.14. The molecule has 0 spiro atoms. The summed E-state index contributed by atoms with van der Waals surface area (Å²) in [6, 6.07) is 16.4. The second-order valence-corrected chi connectivity index (χ2v) is 6.60. The van der Waals surface area contributed by atoms with Crippen molar-refractivity contribution in [3.05, 3.63) is 78.8 Å². The number of pyridine rings is 1. The van der Waals surface area contributed by atoms with Crippen LogP contribution < -0.4 is 11.1 Å². The van der Waals surface area contributed by atoms with Crippen LogP contribution in [0.3, 0.4) is 0 Å². The summed E-state index contributed by atoms with van der Waals surface area (Å²) >= 11 is 1.37. The maximum absolute atomic E-state index is 13.4. The van der Waals surface area contributed by atoms with Gasteiger partial charge in [-0.3, -0.25) is 0 Å². The van der Waals surface area contributed by atoms with E-state index in [-0.39, 0.29) is 5.82 Å². The maximum Gasteiger partial charge on any atom is 0.132 e. The first-order valence-corrected chi connectivity index (χ1v) is 8.55. The van der Waals surface area contributed by atoms with Gasteiger partial charge < -0.3 is 11.1 Å². The van der Waals surface area contributed by atoms with Gasteiger partial charge in [-0.2, -0.15) is 0 Å². The Morgan fingerprint density at radius 3 is 2.60 bits per heavy atom. The highest BCUT2D eigenvalue weighted by atomic mass is 32.2. The van der Waals surface area contributed by atoms with Crippen molar-refractivity contribution in [3.8, 4) is 11.1 Å². The lowest BCUT2D eigenvalue weighted by atomic mass is 10.0. The van der Waals surface area contributed by atoms with Crippen molar-refractivity contribution < 1.29 is 4.39 Å². The number of hydrogen-bond acceptors (Lipinski definition) is 4. The van der Waals surface area contributed by atoms with Crippen LogP contribution in [0.5, 0.6) is 0 Å². The molecule has 5 heteroatoms. The Hall–Kier alpha value is -2.79. The fraction of sp³-hybridized carbons (Fsp3) is 0.0500. The number of halogens is 1. The van der Waals surface area contributed by atoms with Crippen LogP contribution in [0.4, 0.5) is 15.9 Å². The van der Waals surface area contributed by atoms with E-state index in [0.717, 1.165) is 32.2 Å². The van der Waals surface area contributed by atoms with Gasteiger partial charge in [0.1, 0.15) is 11.6 Å². The average molecular weight is 351 g/mol. The van der Waals surface area contributed by atoms with E-state index in [0.29, 0.717) is 5.82 Å². The molecule has 126 valence electrons. The number of nitrogen functional groups attached to an aromatic ring is 1. The van der Waals surface area contributed by atoms with Crippen molar-refractivity contribution in [2.24, 2.45) is 0 Å². The normalized spacial score (nSPS) is 10.5. The van der Waals surface area contributed by atoms with Crippen molar-refractivity contribution in [3.63, 3.8) is 0 Å². The molecule has 3 rings (SSSR count). The molecule has 3 nitrogen and oxygen atoms in total. The molecule has 0 saturated heterocycles. The first-order valence-electron chi connectivity index (χ1n) is 7.74. The standard InChI is InChI=1S/C20H18FN3S/c1-13(25-17-5-3-4-15(21)12-17)19-18(10-11-24-20(19)22)14-6-8-16(23-2)9-7-14/h3-12,23H,1H2,2H3,(H2,22,24). The van der Waals surface area contributed by atoms with Crippen LogP contribution in [0.25, 0.3) is 16.0 Å². The maximum atomic E-state index is 13.4. The van der Waals surface area contributed by atoms with E-state index in [1.807, 2.05) is 43.4 Å². The molecule has 0 aliphatic carbocycles. The van der Waals surface area contributed by atoms with Crippen LogP contribution >= 0.6 is 11.8 Å². The number of nitrogens with zero attached hydrogens (tertiary/aromatic N) is 1. The number of hydrogen-bond donors (Lipinski definition) is 2. The van der Waals surface area contributed by atoms with Crippen molar-refractivity contribution >= 4 is 28.2 Å². The third kappa shape index (κ3) is 3.83. The summed E-state index contributed by atoms with van der Waals surface area (Å²) in [7, 11) is 1.88. The molecule has 0 amide bonds. The minimum absolute atomic E-state index is 0.278. The molecule has 1 heterocycles. The first-order chi connectivity index (χ1) is 12.1. The summed E-state index contributed by atoms with van der Waals surface area (Å²) in [4.78, 5) is 5.69. The van der Waals surface area contributed by atoms with Gasteiger partial charge in [-0.15, -0.1) is 0 Å². The number of nitrogens with two attached hydrogens (primary N) is 1. The molecule has 25 heavy (non-hydrogen) atoms. The van der Waals surface area contributed by atoms with E-state index < -0.39 is 0 Å². The molecule has 0 bridgehead atoms. The molecule has 0 unspecified atom stereocenters. The van der Waals surface area contributed by atoms with Gasteiger partial charge in [0.25, 0.3) is 0 Å². The van der Waals surface area contributed by atoms with Crippen LogP contribution in [-0.2, 0) is 0 Å². The van der Waals surface area contributed by atoms with Crippen molar-refractivity contribution in [2.45, 2.75) is 4.90 Å². The Labute approximate surface area is 150 Å². The molecule has 0 fully saturated rings. The van der Waals surface area contributed by atoms with Crippen LogP contribution in [0.1, 0.15) is 5.56 Å². The largest absolute Gasteiger partial charge is 0.388 e. The number of benzene rings is 2. The molecule has 3 N–H and O–H groups in total. The van der Waals surface area contributed by atoms with Gasteiger partial charge in [-0.05, 0) is 47.5 Å². The van der Waals surface area contributed by atoms with E-state index in [2.05, 4.69) is 16.9 Å². The number of thioether (sulfide) groups is 1. The molecule has 0 aliphatic rings. The number of nitrogens with one attached hydrogen (secondary N) is 1. The van der Waals surface area contributed by atoms with Gasteiger partial charge in [-0.1, -0.05) is 36.5 Å². The second-order valence-electron chi connectivity index (χ2n) is 5.43. The Bertz CT molecular complexity index is 907. The summed E-state index contributed by atoms with van der Waals surface area (Å²) in [6.07, 6.45) is 1.68. The van der Waals surface area contributed by atoms with E-state index in [4.69, 9.17) is 5.73 Å². The Kier molecular flexibility index (Phi) is 5.05. The number of aromatic nitrogens is 1. The zero-order valence-electron chi connectivity index (χ0n) is 13.8. The Balaban J connectivity index is 1.98. The highest BCUT2D eigenvalue weighted by Crippen LogP contribution is 2.40. The third-order valence-corrected chi connectivity index (χ3v) is 4.72. The van der Waals surface area contributed by atoms with Crippen molar-refractivity contribution in [1.29, 1.82) is 0 Å². The highest BCUT2D eigenvalue weighted by molar-refractivity contribution is 8.08. The lowest BCUT2D eigenvalue weighted by Crippen LogP contribution is -1.98. The second kappa shape index (κ2) is 7.40. The summed E-state index contributed by atoms with van der Waals surface area (Å²) in [5.74, 6) is 0.129. The summed E-state index contributed by atoms with van der Waals surface area (Å²) in [5.41, 5.74) is 9.89. The number of anilines is 2. The molecule has 0 saturated carbocycles. The third-order valence-electron chi connectivity index (χ3n) is 3.78. The van der Waals surface area contributed by atoms with Gasteiger partial charge in [0.15, 0.2) is 0 Å². The van der Waals surface area contributed by atoms with E-state index in [9.17, 15) is 4.39 Å². The predicted molar refractivity (Wildman–Crippen MR) is 105 cm³/mol. The van der Waals surface area contributed by atoms with Gasteiger partial charge in [0, 0.05) is 34.3 Å². The monoisotopic (exact) mass is 351 g/mol. The van der Waals surface area contributed by atoms with E-state index >= 15 is 0 Å². The van der Waals surface area contributed by atoms with E-state index in [1.54, 1.807) is 12.3 Å². The van der Waals surface area contributed by atoms with Crippen LogP contribution in [-0.4, -0.2) is 12.0 Å². The molecular formula is C20H18FN3S. The topological polar surface area (TPSA) is 50.9 Å². The van der Waals surface area contributed by atoms with Gasteiger partial charge >= 0.3 is 0 Å². The molecule has 0 radical (unpaired) electrons. The Morgan fingerprint density at radius 2 is 1.92 bits per heavy atom. The van der Waals surface area contributed by atoms with Crippen LogP contribution in [0.2, 0.25) is 0 Å².